The van der Waals surface area contributed by atoms with Crippen molar-refractivity contribution < 1.29 is 0 Å². The van der Waals surface area contributed by atoms with Crippen molar-refractivity contribution in [1.82, 2.24) is 5.32 Å². The second-order valence-corrected chi connectivity index (χ2v) is 8.19. The fourth-order valence-corrected chi connectivity index (χ4v) is 5.96. The summed E-state index contributed by atoms with van der Waals surface area (Å²) in [5.41, 5.74) is 2.50. The van der Waals surface area contributed by atoms with Crippen LogP contribution in [0.15, 0.2) is 28.7 Å². The molecule has 1 nitrogen and oxygen atoms in total. The normalized spacial score (nSPS) is 43.7. The highest BCUT2D eigenvalue weighted by atomic mass is 79.9. The summed E-state index contributed by atoms with van der Waals surface area (Å²) in [5.74, 6) is 1.91. The van der Waals surface area contributed by atoms with E-state index in [4.69, 9.17) is 0 Å². The third-order valence-electron chi connectivity index (χ3n) is 6.05. The van der Waals surface area contributed by atoms with Crippen molar-refractivity contribution in [3.8, 4) is 0 Å². The van der Waals surface area contributed by atoms with Gasteiger partial charge in [0.05, 0.1) is 0 Å². The van der Waals surface area contributed by atoms with Crippen LogP contribution in [0.2, 0.25) is 0 Å². The molecule has 2 heteroatoms. The minimum atomic E-state index is 0.442. The van der Waals surface area contributed by atoms with Gasteiger partial charge in [0.1, 0.15) is 0 Å². The summed E-state index contributed by atoms with van der Waals surface area (Å²) in [7, 11) is 2.18. The van der Waals surface area contributed by atoms with E-state index in [0.29, 0.717) is 11.0 Å². The van der Waals surface area contributed by atoms with Gasteiger partial charge in [-0.05, 0) is 80.5 Å². The number of halogens is 1. The van der Waals surface area contributed by atoms with E-state index in [1.165, 1.54) is 43.0 Å². The second-order valence-electron chi connectivity index (χ2n) is 7.28. The Morgan fingerprint density at radius 3 is 2.26 bits per heavy atom. The molecule has 1 aromatic rings. The van der Waals surface area contributed by atoms with E-state index in [9.17, 15) is 0 Å². The van der Waals surface area contributed by atoms with Gasteiger partial charge in [0.15, 0.2) is 0 Å². The van der Waals surface area contributed by atoms with Crippen molar-refractivity contribution in [2.45, 2.75) is 49.5 Å². The molecule has 4 saturated carbocycles. The highest BCUT2D eigenvalue weighted by Gasteiger charge is 2.57. The fourth-order valence-electron chi connectivity index (χ4n) is 5.70. The molecule has 19 heavy (non-hydrogen) atoms. The van der Waals surface area contributed by atoms with Gasteiger partial charge in [-0.3, -0.25) is 0 Å². The van der Waals surface area contributed by atoms with Gasteiger partial charge in [-0.1, -0.05) is 28.1 Å². The molecule has 1 N–H and O–H groups in total. The van der Waals surface area contributed by atoms with Gasteiger partial charge >= 0.3 is 0 Å². The first kappa shape index (κ1) is 12.4. The van der Waals surface area contributed by atoms with Crippen LogP contribution in [0.4, 0.5) is 0 Å². The van der Waals surface area contributed by atoms with Crippen LogP contribution >= 0.6 is 15.9 Å². The van der Waals surface area contributed by atoms with Crippen molar-refractivity contribution >= 4 is 15.9 Å². The van der Waals surface area contributed by atoms with E-state index in [-0.39, 0.29) is 0 Å². The van der Waals surface area contributed by atoms with Crippen molar-refractivity contribution in [2.24, 2.45) is 11.8 Å². The molecular formula is C17H22BrN. The molecule has 4 aliphatic carbocycles. The average Bonchev–Trinajstić information content (AvgIpc) is 2.38. The quantitative estimate of drug-likeness (QED) is 0.858. The summed E-state index contributed by atoms with van der Waals surface area (Å²) < 4.78 is 1.20. The van der Waals surface area contributed by atoms with E-state index in [1.807, 2.05) is 0 Å². The zero-order valence-corrected chi connectivity index (χ0v) is 13.2. The van der Waals surface area contributed by atoms with Crippen LogP contribution in [-0.4, -0.2) is 12.6 Å². The summed E-state index contributed by atoms with van der Waals surface area (Å²) in [5, 5.41) is 3.71. The zero-order valence-electron chi connectivity index (χ0n) is 11.6. The molecule has 0 heterocycles. The molecule has 1 aromatic carbocycles. The Hall–Kier alpha value is -0.340. The van der Waals surface area contributed by atoms with Crippen LogP contribution in [0.3, 0.4) is 0 Å². The first-order chi connectivity index (χ1) is 9.13. The topological polar surface area (TPSA) is 12.0 Å². The molecule has 102 valence electrons. The number of rotatable bonds is 2. The largest absolute Gasteiger partial charge is 0.314 e. The summed E-state index contributed by atoms with van der Waals surface area (Å²) in [6.07, 6.45) is 8.52. The molecule has 4 bridgehead atoms. The van der Waals surface area contributed by atoms with E-state index in [0.717, 1.165) is 11.8 Å². The van der Waals surface area contributed by atoms with E-state index in [1.54, 1.807) is 5.56 Å². The number of hydrogen-bond acceptors (Lipinski definition) is 1. The first-order valence-corrected chi connectivity index (χ1v) is 8.37. The second kappa shape index (κ2) is 4.08. The number of hydrogen-bond donors (Lipinski definition) is 1. The van der Waals surface area contributed by atoms with Crippen LogP contribution < -0.4 is 5.32 Å². The molecule has 2 atom stereocenters. The first-order valence-electron chi connectivity index (χ1n) is 7.58. The molecule has 0 aromatic heterocycles. The molecule has 0 saturated heterocycles. The maximum Gasteiger partial charge on any atom is 0.0192 e. The predicted molar refractivity (Wildman–Crippen MR) is 82.3 cm³/mol. The zero-order chi connectivity index (χ0) is 13.1. The number of nitrogens with one attached hydrogen (secondary N) is 1. The van der Waals surface area contributed by atoms with Gasteiger partial charge < -0.3 is 5.32 Å². The lowest BCUT2D eigenvalue weighted by molar-refractivity contribution is -0.0373. The van der Waals surface area contributed by atoms with E-state index < -0.39 is 0 Å². The molecular weight excluding hydrogens is 298 g/mol. The molecule has 0 spiro atoms. The van der Waals surface area contributed by atoms with Crippen LogP contribution in [0.5, 0.6) is 0 Å². The van der Waals surface area contributed by atoms with Gasteiger partial charge in [-0.2, -0.15) is 0 Å². The molecule has 0 aliphatic heterocycles. The molecule has 0 amide bonds. The van der Waals surface area contributed by atoms with Gasteiger partial charge in [0.2, 0.25) is 0 Å². The van der Waals surface area contributed by atoms with Gasteiger partial charge in [0, 0.05) is 10.0 Å². The molecule has 0 radical (unpaired) electrons. The maximum absolute atomic E-state index is 3.71. The smallest absolute Gasteiger partial charge is 0.0192 e. The Labute approximate surface area is 124 Å². The van der Waals surface area contributed by atoms with Gasteiger partial charge in [-0.25, -0.2) is 0 Å². The average molecular weight is 320 g/mol. The third-order valence-corrected chi connectivity index (χ3v) is 6.58. The monoisotopic (exact) mass is 319 g/mol. The van der Waals surface area contributed by atoms with Crippen molar-refractivity contribution in [3.05, 3.63) is 34.3 Å². The fraction of sp³-hybridized carbons (Fsp3) is 0.647. The summed E-state index contributed by atoms with van der Waals surface area (Å²) in [4.78, 5) is 0. The summed E-state index contributed by atoms with van der Waals surface area (Å²) >= 11 is 3.57. The van der Waals surface area contributed by atoms with Crippen LogP contribution in [0, 0.1) is 11.8 Å². The highest BCUT2D eigenvalue weighted by Crippen LogP contribution is 2.62. The SMILES string of the molecule is CNC12CC3CC(C1)CC(c1ccc(Br)cc1)(C3)C2. The van der Waals surface area contributed by atoms with Crippen LogP contribution in [0.25, 0.3) is 0 Å². The predicted octanol–water partition coefficient (Wildman–Crippen LogP) is 4.26. The Balaban J connectivity index is 1.76. The minimum Gasteiger partial charge on any atom is -0.314 e. The standard InChI is InChI=1S/C17H22BrN/c1-19-17-9-12-6-13(10-17)8-16(7-12,11-17)14-2-4-15(18)5-3-14/h2-5,12-13,19H,6-11H2,1H3. The van der Waals surface area contributed by atoms with E-state index >= 15 is 0 Å². The van der Waals surface area contributed by atoms with E-state index in [2.05, 4.69) is 52.6 Å². The maximum atomic E-state index is 3.71. The summed E-state index contributed by atoms with van der Waals surface area (Å²) in [6, 6.07) is 9.17. The Kier molecular flexibility index (Phi) is 2.66. The highest BCUT2D eigenvalue weighted by molar-refractivity contribution is 9.10. The van der Waals surface area contributed by atoms with Gasteiger partial charge in [0.25, 0.3) is 0 Å². The van der Waals surface area contributed by atoms with Gasteiger partial charge in [-0.15, -0.1) is 0 Å². The lowest BCUT2D eigenvalue weighted by atomic mass is 9.45. The Bertz CT molecular complexity index is 478. The third kappa shape index (κ3) is 1.83. The Morgan fingerprint density at radius 2 is 1.68 bits per heavy atom. The molecule has 5 rings (SSSR count). The molecule has 4 fully saturated rings. The van der Waals surface area contributed by atoms with Crippen molar-refractivity contribution in [2.75, 3.05) is 7.05 Å². The van der Waals surface area contributed by atoms with Crippen LogP contribution in [0.1, 0.15) is 44.1 Å². The Morgan fingerprint density at radius 1 is 1.05 bits per heavy atom. The molecule has 4 aliphatic rings. The lowest BCUT2D eigenvalue weighted by Gasteiger charge is -2.62. The summed E-state index contributed by atoms with van der Waals surface area (Å²) in [6.45, 7) is 0. The van der Waals surface area contributed by atoms with Crippen molar-refractivity contribution in [1.29, 1.82) is 0 Å². The molecule has 2 unspecified atom stereocenters. The van der Waals surface area contributed by atoms with Crippen molar-refractivity contribution in [3.63, 3.8) is 0 Å². The number of benzene rings is 1. The van der Waals surface area contributed by atoms with Crippen LogP contribution in [-0.2, 0) is 5.41 Å². The minimum absolute atomic E-state index is 0.442. The lowest BCUT2D eigenvalue weighted by Crippen LogP contribution is -2.62.